The Hall–Kier alpha value is -1.29. The molecule has 3 nitrogen and oxygen atoms in total. The molecule has 0 spiro atoms. The molecule has 96 valence electrons. The first-order valence-electron chi connectivity index (χ1n) is 5.81. The summed E-state index contributed by atoms with van der Waals surface area (Å²) >= 11 is 3.46. The standard InChI is InChI=1S/C14H15BrO3/c1-17-12-7-6-11(15)14(18-2)13(12)9-4-3-5-10(16)8-9/h6-8H,3-5H2,1-2H3. The van der Waals surface area contributed by atoms with E-state index in [4.69, 9.17) is 9.47 Å². The number of benzene rings is 1. The minimum Gasteiger partial charge on any atom is -0.496 e. The molecule has 1 aliphatic rings. The van der Waals surface area contributed by atoms with Crippen LogP contribution in [0.4, 0.5) is 0 Å². The van der Waals surface area contributed by atoms with Gasteiger partial charge in [0.25, 0.3) is 0 Å². The second kappa shape index (κ2) is 5.57. The van der Waals surface area contributed by atoms with E-state index < -0.39 is 0 Å². The molecule has 1 aromatic rings. The normalized spacial score (nSPS) is 15.3. The highest BCUT2D eigenvalue weighted by Crippen LogP contribution is 2.42. The van der Waals surface area contributed by atoms with Gasteiger partial charge in [0.1, 0.15) is 11.5 Å². The number of allylic oxidation sites excluding steroid dienone is 2. The van der Waals surface area contributed by atoms with Crippen molar-refractivity contribution < 1.29 is 14.3 Å². The van der Waals surface area contributed by atoms with Gasteiger partial charge in [-0.2, -0.15) is 0 Å². The van der Waals surface area contributed by atoms with Gasteiger partial charge in [-0.1, -0.05) is 0 Å². The van der Waals surface area contributed by atoms with Crippen molar-refractivity contribution in [2.45, 2.75) is 19.3 Å². The summed E-state index contributed by atoms with van der Waals surface area (Å²) in [6, 6.07) is 3.76. The van der Waals surface area contributed by atoms with Crippen LogP contribution in [-0.4, -0.2) is 20.0 Å². The average Bonchev–Trinajstić information content (AvgIpc) is 2.38. The van der Waals surface area contributed by atoms with E-state index in [9.17, 15) is 4.79 Å². The Balaban J connectivity index is 2.60. The summed E-state index contributed by atoms with van der Waals surface area (Å²) in [6.45, 7) is 0. The highest BCUT2D eigenvalue weighted by Gasteiger charge is 2.20. The number of ketones is 1. The lowest BCUT2D eigenvalue weighted by Crippen LogP contribution is -2.05. The fraction of sp³-hybridized carbons (Fsp3) is 0.357. The first kappa shape index (κ1) is 13.1. The summed E-state index contributed by atoms with van der Waals surface area (Å²) in [4.78, 5) is 11.6. The van der Waals surface area contributed by atoms with E-state index >= 15 is 0 Å². The van der Waals surface area contributed by atoms with E-state index in [1.165, 1.54) is 0 Å². The van der Waals surface area contributed by atoms with Crippen molar-refractivity contribution >= 4 is 27.3 Å². The van der Waals surface area contributed by atoms with E-state index in [1.54, 1.807) is 20.3 Å². The molecule has 18 heavy (non-hydrogen) atoms. The molecular weight excluding hydrogens is 296 g/mol. The lowest BCUT2D eigenvalue weighted by atomic mass is 9.92. The van der Waals surface area contributed by atoms with Crippen molar-refractivity contribution in [2.75, 3.05) is 14.2 Å². The van der Waals surface area contributed by atoms with Gasteiger partial charge in [-0.15, -0.1) is 0 Å². The van der Waals surface area contributed by atoms with Crippen LogP contribution in [0.1, 0.15) is 24.8 Å². The van der Waals surface area contributed by atoms with Gasteiger partial charge in [-0.25, -0.2) is 0 Å². The Morgan fingerprint density at radius 1 is 1.17 bits per heavy atom. The number of methoxy groups -OCH3 is 2. The highest BCUT2D eigenvalue weighted by atomic mass is 79.9. The third-order valence-corrected chi connectivity index (χ3v) is 3.65. The lowest BCUT2D eigenvalue weighted by Gasteiger charge is -2.19. The van der Waals surface area contributed by atoms with Gasteiger partial charge in [0.15, 0.2) is 5.78 Å². The second-order valence-corrected chi connectivity index (χ2v) is 5.00. The Labute approximate surface area is 115 Å². The molecule has 0 amide bonds. The van der Waals surface area contributed by atoms with Crippen molar-refractivity contribution in [2.24, 2.45) is 0 Å². The van der Waals surface area contributed by atoms with Crippen molar-refractivity contribution in [1.82, 2.24) is 0 Å². The molecule has 0 heterocycles. The Bertz CT molecular complexity index is 506. The number of rotatable bonds is 3. The topological polar surface area (TPSA) is 35.5 Å². The van der Waals surface area contributed by atoms with E-state index in [2.05, 4.69) is 15.9 Å². The number of carbonyl (C=O) groups excluding carboxylic acids is 1. The monoisotopic (exact) mass is 310 g/mol. The SMILES string of the molecule is COc1ccc(Br)c(OC)c1C1=CC(=O)CCC1. The van der Waals surface area contributed by atoms with E-state index in [1.807, 2.05) is 12.1 Å². The van der Waals surface area contributed by atoms with Gasteiger partial charge in [0.05, 0.1) is 24.3 Å². The Kier molecular flexibility index (Phi) is 4.07. The number of ether oxygens (including phenoxy) is 2. The Morgan fingerprint density at radius 3 is 2.56 bits per heavy atom. The summed E-state index contributed by atoms with van der Waals surface area (Å²) in [5, 5.41) is 0. The Morgan fingerprint density at radius 2 is 1.94 bits per heavy atom. The van der Waals surface area contributed by atoms with E-state index in [-0.39, 0.29) is 5.78 Å². The zero-order valence-electron chi connectivity index (χ0n) is 10.5. The van der Waals surface area contributed by atoms with Gasteiger partial charge in [-0.3, -0.25) is 4.79 Å². The molecule has 0 saturated carbocycles. The molecule has 0 saturated heterocycles. The predicted molar refractivity (Wildman–Crippen MR) is 74.1 cm³/mol. The van der Waals surface area contributed by atoms with Crippen LogP contribution in [0, 0.1) is 0 Å². The van der Waals surface area contributed by atoms with Crippen LogP contribution >= 0.6 is 15.9 Å². The third-order valence-electron chi connectivity index (χ3n) is 3.02. The van der Waals surface area contributed by atoms with Crippen LogP contribution in [0.2, 0.25) is 0 Å². The molecule has 0 bridgehead atoms. The maximum atomic E-state index is 11.6. The second-order valence-electron chi connectivity index (χ2n) is 4.15. The number of halogens is 1. The third kappa shape index (κ3) is 2.43. The smallest absolute Gasteiger partial charge is 0.156 e. The molecule has 0 radical (unpaired) electrons. The molecule has 0 aliphatic heterocycles. The summed E-state index contributed by atoms with van der Waals surface area (Å²) in [7, 11) is 3.24. The molecule has 0 fully saturated rings. The number of hydrogen-bond donors (Lipinski definition) is 0. The van der Waals surface area contributed by atoms with E-state index in [0.29, 0.717) is 6.42 Å². The van der Waals surface area contributed by atoms with Crippen LogP contribution < -0.4 is 9.47 Å². The fourth-order valence-electron chi connectivity index (χ4n) is 2.20. The molecular formula is C14H15BrO3. The minimum atomic E-state index is 0.167. The summed E-state index contributed by atoms with van der Waals surface area (Å²) in [6.07, 6.45) is 4.08. The number of carbonyl (C=O) groups is 1. The van der Waals surface area contributed by atoms with Crippen molar-refractivity contribution in [3.63, 3.8) is 0 Å². The zero-order chi connectivity index (χ0) is 13.1. The zero-order valence-corrected chi connectivity index (χ0v) is 12.0. The quantitative estimate of drug-likeness (QED) is 0.855. The molecule has 0 unspecified atom stereocenters. The molecule has 1 aliphatic carbocycles. The molecule has 0 aromatic heterocycles. The summed E-state index contributed by atoms with van der Waals surface area (Å²) < 4.78 is 11.7. The summed E-state index contributed by atoms with van der Waals surface area (Å²) in [5.74, 6) is 1.62. The fourth-order valence-corrected chi connectivity index (χ4v) is 2.69. The largest absolute Gasteiger partial charge is 0.496 e. The molecule has 2 rings (SSSR count). The molecule has 0 N–H and O–H groups in total. The van der Waals surface area contributed by atoms with Gasteiger partial charge in [0.2, 0.25) is 0 Å². The molecule has 4 heteroatoms. The molecule has 1 aromatic carbocycles. The van der Waals surface area contributed by atoms with Crippen molar-refractivity contribution in [1.29, 1.82) is 0 Å². The predicted octanol–water partition coefficient (Wildman–Crippen LogP) is 3.60. The van der Waals surface area contributed by atoms with Gasteiger partial charge in [-0.05, 0) is 52.6 Å². The number of hydrogen-bond acceptors (Lipinski definition) is 3. The first-order valence-corrected chi connectivity index (χ1v) is 6.61. The first-order chi connectivity index (χ1) is 8.67. The van der Waals surface area contributed by atoms with Crippen molar-refractivity contribution in [3.05, 3.63) is 28.2 Å². The molecule has 0 atom stereocenters. The average molecular weight is 311 g/mol. The van der Waals surface area contributed by atoms with Crippen LogP contribution in [0.15, 0.2) is 22.7 Å². The van der Waals surface area contributed by atoms with Crippen LogP contribution in [-0.2, 0) is 4.79 Å². The maximum absolute atomic E-state index is 11.6. The van der Waals surface area contributed by atoms with Gasteiger partial charge in [0, 0.05) is 6.42 Å². The van der Waals surface area contributed by atoms with Crippen LogP contribution in [0.25, 0.3) is 5.57 Å². The van der Waals surface area contributed by atoms with Gasteiger partial charge < -0.3 is 9.47 Å². The highest BCUT2D eigenvalue weighted by molar-refractivity contribution is 9.10. The van der Waals surface area contributed by atoms with Crippen molar-refractivity contribution in [3.8, 4) is 11.5 Å². The van der Waals surface area contributed by atoms with Gasteiger partial charge >= 0.3 is 0 Å². The van der Waals surface area contributed by atoms with Crippen LogP contribution in [0.5, 0.6) is 11.5 Å². The van der Waals surface area contributed by atoms with Crippen LogP contribution in [0.3, 0.4) is 0 Å². The lowest BCUT2D eigenvalue weighted by molar-refractivity contribution is -0.114. The maximum Gasteiger partial charge on any atom is 0.156 e. The van der Waals surface area contributed by atoms with E-state index in [0.717, 1.165) is 39.9 Å². The minimum absolute atomic E-state index is 0.167. The summed E-state index contributed by atoms with van der Waals surface area (Å²) in [5.41, 5.74) is 1.86.